The van der Waals surface area contributed by atoms with Crippen LogP contribution in [0.15, 0.2) is 40.8 Å². The molecule has 0 saturated carbocycles. The monoisotopic (exact) mass is 396 g/mol. The predicted molar refractivity (Wildman–Crippen MR) is 95.6 cm³/mol. The molecule has 2 aromatic carbocycles. The number of ketones is 1. The van der Waals surface area contributed by atoms with Gasteiger partial charge in [-0.3, -0.25) is 4.79 Å². The van der Waals surface area contributed by atoms with E-state index in [1.54, 1.807) is 12.1 Å². The molecule has 0 unspecified atom stereocenters. The Morgan fingerprint density at radius 3 is 2.37 bits per heavy atom. The van der Waals surface area contributed by atoms with Crippen molar-refractivity contribution < 1.29 is 32.2 Å². The summed E-state index contributed by atoms with van der Waals surface area (Å²) in [6, 6.07) is 7.02. The number of benzene rings is 2. The maximum Gasteiger partial charge on any atom is 0.387 e. The molecule has 0 saturated heterocycles. The first-order valence-electron chi connectivity index (χ1n) is 7.81. The molecule has 0 atom stereocenters. The third kappa shape index (κ3) is 4.05. The summed E-state index contributed by atoms with van der Waals surface area (Å²) in [5.41, 5.74) is 1.26. The van der Waals surface area contributed by atoms with Gasteiger partial charge in [0.25, 0.3) is 0 Å². The average Bonchev–Trinajstić information content (AvgIpc) is 2.64. The van der Waals surface area contributed by atoms with Gasteiger partial charge in [0, 0.05) is 21.8 Å². The van der Waals surface area contributed by atoms with E-state index in [2.05, 4.69) is 4.74 Å². The summed E-state index contributed by atoms with van der Waals surface area (Å²) in [5.74, 6) is -0.506. The summed E-state index contributed by atoms with van der Waals surface area (Å²) in [6.07, 6.45) is 1.60. The summed E-state index contributed by atoms with van der Waals surface area (Å²) in [4.78, 5) is 13.4. The highest BCUT2D eigenvalue weighted by Crippen LogP contribution is 2.41. The van der Waals surface area contributed by atoms with Crippen LogP contribution >= 0.6 is 11.8 Å². The number of halogens is 3. The van der Waals surface area contributed by atoms with Crippen LogP contribution in [0.4, 0.5) is 13.2 Å². The smallest absolute Gasteiger partial charge is 0.387 e. The second kappa shape index (κ2) is 7.96. The number of carbonyl (C=O) groups excluding carboxylic acids is 1. The summed E-state index contributed by atoms with van der Waals surface area (Å²) >= 11 is 1.42. The van der Waals surface area contributed by atoms with E-state index in [4.69, 9.17) is 9.47 Å². The Labute approximate surface area is 157 Å². The Morgan fingerprint density at radius 1 is 1.11 bits per heavy atom. The molecule has 2 aromatic rings. The second-order valence-corrected chi connectivity index (χ2v) is 6.58. The van der Waals surface area contributed by atoms with Crippen molar-refractivity contribution >= 4 is 23.6 Å². The number of carbonyl (C=O) groups is 1. The van der Waals surface area contributed by atoms with Crippen LogP contribution in [-0.2, 0) is 0 Å². The van der Waals surface area contributed by atoms with Gasteiger partial charge in [0.1, 0.15) is 5.82 Å². The lowest BCUT2D eigenvalue weighted by Gasteiger charge is -2.18. The Kier molecular flexibility index (Phi) is 5.65. The highest BCUT2D eigenvalue weighted by Gasteiger charge is 2.24. The van der Waals surface area contributed by atoms with Crippen molar-refractivity contribution in [3.63, 3.8) is 0 Å². The molecule has 1 heterocycles. The molecule has 3 rings (SSSR count). The number of rotatable bonds is 5. The van der Waals surface area contributed by atoms with Gasteiger partial charge in [0.15, 0.2) is 17.3 Å². The highest BCUT2D eigenvalue weighted by atomic mass is 32.2. The lowest BCUT2D eigenvalue weighted by molar-refractivity contribution is -0.0526. The fourth-order valence-electron chi connectivity index (χ4n) is 2.70. The molecule has 1 aliphatic rings. The van der Waals surface area contributed by atoms with Crippen molar-refractivity contribution in [2.45, 2.75) is 11.5 Å². The number of hydrogen-bond acceptors (Lipinski definition) is 5. The minimum absolute atomic E-state index is 0.0452. The maximum atomic E-state index is 13.5. The van der Waals surface area contributed by atoms with E-state index in [0.29, 0.717) is 22.5 Å². The molecule has 0 radical (unpaired) electrons. The number of hydrogen-bond donors (Lipinski definition) is 0. The van der Waals surface area contributed by atoms with Gasteiger partial charge < -0.3 is 14.2 Å². The average molecular weight is 396 g/mol. The number of ether oxygens (including phenoxy) is 3. The van der Waals surface area contributed by atoms with Gasteiger partial charge in [-0.25, -0.2) is 4.39 Å². The number of Topliss-reactive ketones (excluding diaryl/α,β-unsaturated/α-hetero) is 1. The fourth-order valence-corrected chi connectivity index (χ4v) is 3.69. The molecule has 27 heavy (non-hydrogen) atoms. The fraction of sp³-hybridized carbons (Fsp3) is 0.211. The van der Waals surface area contributed by atoms with Crippen LogP contribution in [0.2, 0.25) is 0 Å². The molecule has 142 valence electrons. The Balaban J connectivity index is 2.01. The minimum Gasteiger partial charge on any atom is -0.493 e. The van der Waals surface area contributed by atoms with Crippen molar-refractivity contribution in [2.24, 2.45) is 0 Å². The van der Waals surface area contributed by atoms with Crippen LogP contribution in [0.5, 0.6) is 17.2 Å². The van der Waals surface area contributed by atoms with Crippen molar-refractivity contribution in [1.82, 2.24) is 0 Å². The van der Waals surface area contributed by atoms with E-state index in [0.717, 1.165) is 4.90 Å². The van der Waals surface area contributed by atoms with E-state index in [-0.39, 0.29) is 23.0 Å². The molecule has 0 amide bonds. The quantitative estimate of drug-likeness (QED) is 0.679. The third-order valence-electron chi connectivity index (χ3n) is 3.89. The summed E-state index contributed by atoms with van der Waals surface area (Å²) in [7, 11) is 2.62. The molecule has 0 aliphatic carbocycles. The van der Waals surface area contributed by atoms with Gasteiger partial charge in [-0.15, -0.1) is 11.8 Å². The standard InChI is InChI=1S/C19H15F3O4S/c1-24-14-6-10(7-15(25-2)18(14)26-19(21)22)5-11-9-27-16-4-3-12(20)8-13(16)17(11)23/h3-8,19H,9H2,1-2H3/b11-5+. The van der Waals surface area contributed by atoms with E-state index < -0.39 is 12.4 Å². The molecule has 4 nitrogen and oxygen atoms in total. The van der Waals surface area contributed by atoms with E-state index in [1.165, 1.54) is 50.2 Å². The molecule has 0 fully saturated rings. The van der Waals surface area contributed by atoms with Gasteiger partial charge in [0.2, 0.25) is 5.75 Å². The normalized spacial score (nSPS) is 15.0. The number of methoxy groups -OCH3 is 2. The largest absolute Gasteiger partial charge is 0.493 e. The number of fused-ring (bicyclic) bond motifs is 1. The minimum atomic E-state index is -3.04. The Hall–Kier alpha value is -2.61. The first-order chi connectivity index (χ1) is 12.9. The molecule has 0 aromatic heterocycles. The summed E-state index contributed by atoms with van der Waals surface area (Å²) in [6.45, 7) is -3.04. The highest BCUT2D eigenvalue weighted by molar-refractivity contribution is 7.99. The molecule has 0 N–H and O–H groups in total. The van der Waals surface area contributed by atoms with E-state index >= 15 is 0 Å². The maximum absolute atomic E-state index is 13.5. The predicted octanol–water partition coefficient (Wildman–Crippen LogP) is 4.82. The zero-order valence-electron chi connectivity index (χ0n) is 14.4. The zero-order chi connectivity index (χ0) is 19.6. The zero-order valence-corrected chi connectivity index (χ0v) is 15.2. The first-order valence-corrected chi connectivity index (χ1v) is 8.80. The van der Waals surface area contributed by atoms with Crippen LogP contribution in [0.1, 0.15) is 15.9 Å². The van der Waals surface area contributed by atoms with Crippen LogP contribution in [0.25, 0.3) is 6.08 Å². The number of alkyl halides is 2. The molecular weight excluding hydrogens is 381 g/mol. The molecule has 8 heteroatoms. The lowest BCUT2D eigenvalue weighted by atomic mass is 10.0. The molecule has 0 bridgehead atoms. The topological polar surface area (TPSA) is 44.8 Å². The van der Waals surface area contributed by atoms with Gasteiger partial charge >= 0.3 is 6.61 Å². The van der Waals surface area contributed by atoms with Crippen molar-refractivity contribution in [3.8, 4) is 17.2 Å². The van der Waals surface area contributed by atoms with Crippen LogP contribution in [0.3, 0.4) is 0 Å². The summed E-state index contributed by atoms with van der Waals surface area (Å²) < 4.78 is 53.4. The Bertz CT molecular complexity index is 887. The van der Waals surface area contributed by atoms with Crippen molar-refractivity contribution in [1.29, 1.82) is 0 Å². The first kappa shape index (κ1) is 19.2. The van der Waals surface area contributed by atoms with Gasteiger partial charge in [-0.2, -0.15) is 8.78 Å². The number of thioether (sulfide) groups is 1. The SMILES string of the molecule is COc1cc(/C=C2\CSc3ccc(F)cc3C2=O)cc(OC)c1OC(F)F. The van der Waals surface area contributed by atoms with Crippen LogP contribution in [0, 0.1) is 5.82 Å². The van der Waals surface area contributed by atoms with Crippen molar-refractivity contribution in [3.05, 3.63) is 52.8 Å². The van der Waals surface area contributed by atoms with Crippen LogP contribution < -0.4 is 14.2 Å². The van der Waals surface area contributed by atoms with Crippen LogP contribution in [-0.4, -0.2) is 32.4 Å². The van der Waals surface area contributed by atoms with Gasteiger partial charge in [-0.1, -0.05) is 0 Å². The van der Waals surface area contributed by atoms with Crippen molar-refractivity contribution in [2.75, 3.05) is 20.0 Å². The van der Waals surface area contributed by atoms with E-state index in [9.17, 15) is 18.0 Å². The second-order valence-electron chi connectivity index (χ2n) is 5.56. The molecule has 1 aliphatic heterocycles. The summed E-state index contributed by atoms with van der Waals surface area (Å²) in [5, 5.41) is 0. The van der Waals surface area contributed by atoms with Gasteiger partial charge in [-0.05, 0) is 42.0 Å². The van der Waals surface area contributed by atoms with Gasteiger partial charge in [0.05, 0.1) is 14.2 Å². The Morgan fingerprint density at radius 2 is 1.78 bits per heavy atom. The van der Waals surface area contributed by atoms with E-state index in [1.807, 2.05) is 0 Å². The molecular formula is C19H15F3O4S. The lowest BCUT2D eigenvalue weighted by Crippen LogP contribution is -2.12. The molecule has 0 spiro atoms. The third-order valence-corrected chi connectivity index (χ3v) is 5.01.